The van der Waals surface area contributed by atoms with Crippen molar-refractivity contribution in [3.63, 3.8) is 0 Å². The molecule has 0 saturated carbocycles. The third kappa shape index (κ3) is 2.69. The molecule has 5 nitrogen and oxygen atoms in total. The molecule has 2 fully saturated rings. The summed E-state index contributed by atoms with van der Waals surface area (Å²) in [7, 11) is 0. The molecule has 0 spiro atoms. The third-order valence-electron chi connectivity index (χ3n) is 4.39. The Morgan fingerprint density at radius 3 is 2.80 bits per heavy atom. The molecule has 1 aromatic heterocycles. The average Bonchev–Trinajstić information content (AvgIpc) is 3.01. The lowest BCUT2D eigenvalue weighted by molar-refractivity contribution is 0.0582. The van der Waals surface area contributed by atoms with E-state index in [2.05, 4.69) is 15.2 Å². The van der Waals surface area contributed by atoms with Crippen molar-refractivity contribution in [3.05, 3.63) is 29.6 Å². The quantitative estimate of drug-likeness (QED) is 0.854. The van der Waals surface area contributed by atoms with Gasteiger partial charge in [0, 0.05) is 50.7 Å². The Morgan fingerprint density at radius 1 is 1.35 bits per heavy atom. The first-order chi connectivity index (χ1) is 9.75. The molecule has 3 rings (SSSR count). The topological polar surface area (TPSA) is 48.5 Å². The van der Waals surface area contributed by atoms with E-state index >= 15 is 0 Å². The van der Waals surface area contributed by atoms with Gasteiger partial charge in [-0.2, -0.15) is 0 Å². The highest BCUT2D eigenvalue weighted by Gasteiger charge is 2.28. The van der Waals surface area contributed by atoms with Gasteiger partial charge in [-0.3, -0.25) is 14.7 Å². The molecule has 108 valence electrons. The maximum Gasteiger partial charge on any atom is 0.255 e. The number of aryl methyl sites for hydroxylation is 1. The smallest absolute Gasteiger partial charge is 0.255 e. The largest absolute Gasteiger partial charge is 0.336 e. The van der Waals surface area contributed by atoms with Crippen LogP contribution in [0.4, 0.5) is 0 Å². The Hall–Kier alpha value is -1.46. The first-order valence-corrected chi connectivity index (χ1v) is 7.41. The van der Waals surface area contributed by atoms with Crippen LogP contribution in [0.1, 0.15) is 22.5 Å². The summed E-state index contributed by atoms with van der Waals surface area (Å²) in [6.07, 6.45) is 2.97. The third-order valence-corrected chi connectivity index (χ3v) is 4.39. The number of amides is 1. The number of carbonyl (C=O) groups is 1. The van der Waals surface area contributed by atoms with Crippen LogP contribution in [0.3, 0.4) is 0 Å². The van der Waals surface area contributed by atoms with Gasteiger partial charge in [0.25, 0.3) is 5.91 Å². The zero-order valence-corrected chi connectivity index (χ0v) is 12.0. The molecule has 2 saturated heterocycles. The lowest BCUT2D eigenvalue weighted by atomic mass is 10.1. The van der Waals surface area contributed by atoms with Crippen LogP contribution in [0.25, 0.3) is 0 Å². The standard InChI is InChI=1S/C15H22N4O/c1-12-14(3-2-5-17-12)15(20)19-9-7-18(8-10-19)13-4-6-16-11-13/h2-3,5,13,16H,4,6-11H2,1H3. The number of pyridine rings is 1. The summed E-state index contributed by atoms with van der Waals surface area (Å²) in [5.74, 6) is 0.125. The van der Waals surface area contributed by atoms with Crippen molar-refractivity contribution in [2.75, 3.05) is 39.3 Å². The van der Waals surface area contributed by atoms with Gasteiger partial charge in [0.05, 0.1) is 5.56 Å². The van der Waals surface area contributed by atoms with Gasteiger partial charge >= 0.3 is 0 Å². The monoisotopic (exact) mass is 274 g/mol. The highest BCUT2D eigenvalue weighted by Crippen LogP contribution is 2.15. The van der Waals surface area contributed by atoms with Crippen LogP contribution < -0.4 is 5.32 Å². The second kappa shape index (κ2) is 5.89. The Balaban J connectivity index is 1.60. The molecule has 1 atom stereocenters. The number of carbonyl (C=O) groups excluding carboxylic acids is 1. The van der Waals surface area contributed by atoms with Gasteiger partial charge in [-0.25, -0.2) is 0 Å². The molecule has 5 heteroatoms. The van der Waals surface area contributed by atoms with Crippen molar-refractivity contribution >= 4 is 5.91 Å². The molecule has 0 aliphatic carbocycles. The van der Waals surface area contributed by atoms with E-state index < -0.39 is 0 Å². The molecule has 1 amide bonds. The number of nitrogens with one attached hydrogen (secondary N) is 1. The van der Waals surface area contributed by atoms with Crippen molar-refractivity contribution in [1.29, 1.82) is 0 Å². The fourth-order valence-corrected chi connectivity index (χ4v) is 3.12. The van der Waals surface area contributed by atoms with Crippen LogP contribution in [0.5, 0.6) is 0 Å². The minimum atomic E-state index is 0.125. The van der Waals surface area contributed by atoms with Gasteiger partial charge < -0.3 is 10.2 Å². The zero-order chi connectivity index (χ0) is 13.9. The Bertz CT molecular complexity index is 477. The van der Waals surface area contributed by atoms with Gasteiger partial charge in [-0.1, -0.05) is 0 Å². The van der Waals surface area contributed by atoms with E-state index in [1.807, 2.05) is 24.0 Å². The SMILES string of the molecule is Cc1ncccc1C(=O)N1CCN(C2CCNC2)CC1. The minimum Gasteiger partial charge on any atom is -0.336 e. The van der Waals surface area contributed by atoms with Gasteiger partial charge in [-0.05, 0) is 32.0 Å². The van der Waals surface area contributed by atoms with Crippen LogP contribution in [0.15, 0.2) is 18.3 Å². The molecule has 20 heavy (non-hydrogen) atoms. The first kappa shape index (κ1) is 13.5. The molecule has 0 aromatic carbocycles. The van der Waals surface area contributed by atoms with Gasteiger partial charge in [0.1, 0.15) is 0 Å². The van der Waals surface area contributed by atoms with Crippen LogP contribution >= 0.6 is 0 Å². The molecule has 0 radical (unpaired) electrons. The van der Waals surface area contributed by atoms with Crippen LogP contribution in [-0.4, -0.2) is 66.0 Å². The lowest BCUT2D eigenvalue weighted by Crippen LogP contribution is -2.52. The number of aromatic nitrogens is 1. The van der Waals surface area contributed by atoms with Gasteiger partial charge in [0.2, 0.25) is 0 Å². The van der Waals surface area contributed by atoms with E-state index in [9.17, 15) is 4.79 Å². The summed E-state index contributed by atoms with van der Waals surface area (Å²) in [5, 5.41) is 3.41. The van der Waals surface area contributed by atoms with Crippen LogP contribution in [0.2, 0.25) is 0 Å². The Labute approximate surface area is 120 Å². The second-order valence-electron chi connectivity index (χ2n) is 5.61. The highest BCUT2D eigenvalue weighted by molar-refractivity contribution is 5.95. The minimum absolute atomic E-state index is 0.125. The molecule has 3 heterocycles. The number of piperazine rings is 1. The maximum absolute atomic E-state index is 12.5. The summed E-state index contributed by atoms with van der Waals surface area (Å²) >= 11 is 0. The Morgan fingerprint density at radius 2 is 2.15 bits per heavy atom. The fourth-order valence-electron chi connectivity index (χ4n) is 3.12. The molecule has 1 aromatic rings. The summed E-state index contributed by atoms with van der Waals surface area (Å²) in [4.78, 5) is 21.2. The predicted molar refractivity (Wildman–Crippen MR) is 77.7 cm³/mol. The zero-order valence-electron chi connectivity index (χ0n) is 12.0. The van der Waals surface area contributed by atoms with Crippen molar-refractivity contribution in [2.24, 2.45) is 0 Å². The van der Waals surface area contributed by atoms with E-state index in [4.69, 9.17) is 0 Å². The van der Waals surface area contributed by atoms with Crippen molar-refractivity contribution in [3.8, 4) is 0 Å². The molecule has 2 aliphatic heterocycles. The van der Waals surface area contributed by atoms with Crippen molar-refractivity contribution < 1.29 is 4.79 Å². The van der Waals surface area contributed by atoms with E-state index in [0.29, 0.717) is 6.04 Å². The summed E-state index contributed by atoms with van der Waals surface area (Å²) < 4.78 is 0. The first-order valence-electron chi connectivity index (χ1n) is 7.41. The molecular formula is C15H22N4O. The molecular weight excluding hydrogens is 252 g/mol. The maximum atomic E-state index is 12.5. The number of hydrogen-bond donors (Lipinski definition) is 1. The van der Waals surface area contributed by atoms with Crippen molar-refractivity contribution in [1.82, 2.24) is 20.1 Å². The van der Waals surface area contributed by atoms with Crippen LogP contribution in [0, 0.1) is 6.92 Å². The second-order valence-corrected chi connectivity index (χ2v) is 5.61. The van der Waals surface area contributed by atoms with E-state index in [-0.39, 0.29) is 5.91 Å². The molecule has 2 aliphatic rings. The fraction of sp³-hybridized carbons (Fsp3) is 0.600. The number of nitrogens with zero attached hydrogens (tertiary/aromatic N) is 3. The van der Waals surface area contributed by atoms with Crippen molar-refractivity contribution in [2.45, 2.75) is 19.4 Å². The summed E-state index contributed by atoms with van der Waals surface area (Å²) in [6, 6.07) is 4.37. The van der Waals surface area contributed by atoms with Crippen LogP contribution in [-0.2, 0) is 0 Å². The number of rotatable bonds is 2. The normalized spacial score (nSPS) is 24.1. The average molecular weight is 274 g/mol. The van der Waals surface area contributed by atoms with Gasteiger partial charge in [-0.15, -0.1) is 0 Å². The van der Waals surface area contributed by atoms with E-state index in [1.165, 1.54) is 6.42 Å². The van der Waals surface area contributed by atoms with Gasteiger partial charge in [0.15, 0.2) is 0 Å². The predicted octanol–water partition coefficient (Wildman–Crippen LogP) is 0.510. The summed E-state index contributed by atoms with van der Waals surface area (Å²) in [5.41, 5.74) is 1.56. The van der Waals surface area contributed by atoms with E-state index in [0.717, 1.165) is 50.5 Å². The molecule has 1 N–H and O–H groups in total. The highest BCUT2D eigenvalue weighted by atomic mass is 16.2. The molecule has 0 bridgehead atoms. The lowest BCUT2D eigenvalue weighted by Gasteiger charge is -2.37. The van der Waals surface area contributed by atoms with E-state index in [1.54, 1.807) is 6.20 Å². The number of hydrogen-bond acceptors (Lipinski definition) is 4. The Kier molecular flexibility index (Phi) is 3.98. The summed E-state index contributed by atoms with van der Waals surface area (Å²) in [6.45, 7) is 7.73. The molecule has 1 unspecified atom stereocenters.